The second kappa shape index (κ2) is 4.58. The van der Waals surface area contributed by atoms with E-state index in [1.165, 1.54) is 11.1 Å². The number of carbonyl (C=O) groups excluding carboxylic acids is 1. The number of nitrogens with zero attached hydrogens (tertiary/aromatic N) is 1. The van der Waals surface area contributed by atoms with Crippen LogP contribution in [-0.2, 0) is 13.1 Å². The van der Waals surface area contributed by atoms with Crippen molar-refractivity contribution in [2.75, 3.05) is 5.32 Å². The monoisotopic (exact) mass is 239 g/mol. The molecule has 90 valence electrons. The van der Waals surface area contributed by atoms with E-state index in [0.29, 0.717) is 11.3 Å². The summed E-state index contributed by atoms with van der Waals surface area (Å²) in [7, 11) is 0. The van der Waals surface area contributed by atoms with Gasteiger partial charge in [-0.1, -0.05) is 6.07 Å². The molecule has 0 radical (unpaired) electrons. The zero-order valence-electron chi connectivity index (χ0n) is 9.81. The van der Waals surface area contributed by atoms with Crippen LogP contribution in [0.15, 0.2) is 42.7 Å². The predicted molar refractivity (Wildman–Crippen MR) is 69.2 cm³/mol. The highest BCUT2D eigenvalue weighted by atomic mass is 16.1. The number of rotatable bonds is 2. The van der Waals surface area contributed by atoms with E-state index in [2.05, 4.69) is 15.6 Å². The molecule has 1 aliphatic rings. The molecule has 1 aromatic carbocycles. The van der Waals surface area contributed by atoms with Gasteiger partial charge >= 0.3 is 0 Å². The molecule has 3 rings (SSSR count). The van der Waals surface area contributed by atoms with Crippen LogP contribution in [0, 0.1) is 0 Å². The van der Waals surface area contributed by atoms with Crippen LogP contribution in [0.5, 0.6) is 0 Å². The molecule has 0 spiro atoms. The molecule has 0 saturated heterocycles. The maximum Gasteiger partial charge on any atom is 0.255 e. The molecule has 2 heterocycles. The first-order chi connectivity index (χ1) is 8.83. The van der Waals surface area contributed by atoms with Crippen LogP contribution in [0.1, 0.15) is 21.5 Å². The van der Waals surface area contributed by atoms with Crippen molar-refractivity contribution in [1.82, 2.24) is 10.3 Å². The average Bonchev–Trinajstić information content (AvgIpc) is 2.87. The van der Waals surface area contributed by atoms with Gasteiger partial charge in [-0.2, -0.15) is 0 Å². The Morgan fingerprint density at radius 3 is 2.94 bits per heavy atom. The lowest BCUT2D eigenvalue weighted by Crippen LogP contribution is -2.12. The first-order valence-corrected chi connectivity index (χ1v) is 5.87. The Morgan fingerprint density at radius 1 is 1.22 bits per heavy atom. The van der Waals surface area contributed by atoms with E-state index in [-0.39, 0.29) is 5.91 Å². The third-order valence-corrected chi connectivity index (χ3v) is 3.02. The van der Waals surface area contributed by atoms with Crippen LogP contribution < -0.4 is 10.6 Å². The number of hydrogen-bond donors (Lipinski definition) is 2. The average molecular weight is 239 g/mol. The molecule has 18 heavy (non-hydrogen) atoms. The Balaban J connectivity index is 1.81. The van der Waals surface area contributed by atoms with Gasteiger partial charge in [0.25, 0.3) is 5.91 Å². The Labute approximate surface area is 105 Å². The van der Waals surface area contributed by atoms with Gasteiger partial charge in [-0.25, -0.2) is 0 Å². The van der Waals surface area contributed by atoms with Crippen LogP contribution in [0.2, 0.25) is 0 Å². The van der Waals surface area contributed by atoms with Crippen molar-refractivity contribution in [2.45, 2.75) is 13.1 Å². The van der Waals surface area contributed by atoms with Gasteiger partial charge in [-0.05, 0) is 35.4 Å². The summed E-state index contributed by atoms with van der Waals surface area (Å²) in [5.41, 5.74) is 3.86. The molecule has 4 heteroatoms. The number of hydrogen-bond acceptors (Lipinski definition) is 3. The molecule has 0 unspecified atom stereocenters. The van der Waals surface area contributed by atoms with Gasteiger partial charge in [0.15, 0.2) is 0 Å². The SMILES string of the molecule is O=C(Nc1cccnc1)c1ccc2c(c1)CNC2. The Hall–Kier alpha value is -2.20. The number of anilines is 1. The van der Waals surface area contributed by atoms with E-state index in [1.807, 2.05) is 24.3 Å². The largest absolute Gasteiger partial charge is 0.321 e. The van der Waals surface area contributed by atoms with Crippen molar-refractivity contribution in [3.05, 3.63) is 59.4 Å². The fourth-order valence-corrected chi connectivity index (χ4v) is 2.08. The number of pyridine rings is 1. The van der Waals surface area contributed by atoms with Crippen LogP contribution in [0.3, 0.4) is 0 Å². The lowest BCUT2D eigenvalue weighted by Gasteiger charge is -2.06. The fraction of sp³-hybridized carbons (Fsp3) is 0.143. The minimum atomic E-state index is -0.0994. The molecule has 1 aliphatic heterocycles. The van der Waals surface area contributed by atoms with Crippen molar-refractivity contribution < 1.29 is 4.79 Å². The summed E-state index contributed by atoms with van der Waals surface area (Å²) in [4.78, 5) is 16.0. The van der Waals surface area contributed by atoms with E-state index in [9.17, 15) is 4.79 Å². The van der Waals surface area contributed by atoms with E-state index >= 15 is 0 Å². The molecule has 4 nitrogen and oxygen atoms in total. The lowest BCUT2D eigenvalue weighted by molar-refractivity contribution is 0.102. The topological polar surface area (TPSA) is 54.0 Å². The molecule has 0 atom stereocenters. The van der Waals surface area contributed by atoms with E-state index in [0.717, 1.165) is 13.1 Å². The van der Waals surface area contributed by atoms with Gasteiger partial charge in [-0.15, -0.1) is 0 Å². The highest BCUT2D eigenvalue weighted by molar-refractivity contribution is 6.04. The maximum absolute atomic E-state index is 12.1. The van der Waals surface area contributed by atoms with E-state index < -0.39 is 0 Å². The van der Waals surface area contributed by atoms with Gasteiger partial charge < -0.3 is 10.6 Å². The molecule has 0 fully saturated rings. The number of carbonyl (C=O) groups is 1. The second-order valence-electron chi connectivity index (χ2n) is 4.28. The molecular weight excluding hydrogens is 226 g/mol. The van der Waals surface area contributed by atoms with Gasteiger partial charge in [0.2, 0.25) is 0 Å². The Bertz CT molecular complexity index is 581. The van der Waals surface area contributed by atoms with Crippen LogP contribution in [0.4, 0.5) is 5.69 Å². The predicted octanol–water partition coefficient (Wildman–Crippen LogP) is 1.94. The Morgan fingerprint density at radius 2 is 2.11 bits per heavy atom. The number of benzene rings is 1. The molecule has 2 aromatic rings. The molecule has 0 aliphatic carbocycles. The van der Waals surface area contributed by atoms with Gasteiger partial charge in [0.1, 0.15) is 0 Å². The van der Waals surface area contributed by atoms with Crippen LogP contribution >= 0.6 is 0 Å². The zero-order valence-corrected chi connectivity index (χ0v) is 9.81. The fourth-order valence-electron chi connectivity index (χ4n) is 2.08. The highest BCUT2D eigenvalue weighted by Gasteiger charge is 2.13. The summed E-state index contributed by atoms with van der Waals surface area (Å²) in [6.07, 6.45) is 3.31. The quantitative estimate of drug-likeness (QED) is 0.842. The standard InChI is InChI=1S/C14H13N3O/c18-14(17-13-2-1-5-15-9-13)10-3-4-11-7-16-8-12(11)6-10/h1-6,9,16H,7-8H2,(H,17,18). The van der Waals surface area contributed by atoms with Crippen molar-refractivity contribution >= 4 is 11.6 Å². The smallest absolute Gasteiger partial charge is 0.255 e. The molecule has 0 saturated carbocycles. The van der Waals surface area contributed by atoms with Gasteiger partial charge in [-0.3, -0.25) is 9.78 Å². The van der Waals surface area contributed by atoms with Crippen molar-refractivity contribution in [2.24, 2.45) is 0 Å². The molecule has 2 N–H and O–H groups in total. The van der Waals surface area contributed by atoms with Crippen molar-refractivity contribution in [3.63, 3.8) is 0 Å². The number of amides is 1. The minimum absolute atomic E-state index is 0.0994. The number of nitrogens with one attached hydrogen (secondary N) is 2. The normalized spacial score (nSPS) is 13.1. The van der Waals surface area contributed by atoms with Crippen LogP contribution in [0.25, 0.3) is 0 Å². The first kappa shape index (κ1) is 10.9. The van der Waals surface area contributed by atoms with Gasteiger partial charge in [0.05, 0.1) is 11.9 Å². The van der Waals surface area contributed by atoms with Gasteiger partial charge in [0, 0.05) is 24.8 Å². The third-order valence-electron chi connectivity index (χ3n) is 3.02. The zero-order chi connectivity index (χ0) is 12.4. The third kappa shape index (κ3) is 2.10. The molecule has 1 amide bonds. The van der Waals surface area contributed by atoms with Crippen LogP contribution in [-0.4, -0.2) is 10.9 Å². The highest BCUT2D eigenvalue weighted by Crippen LogP contribution is 2.17. The first-order valence-electron chi connectivity index (χ1n) is 5.87. The molecule has 0 bridgehead atoms. The summed E-state index contributed by atoms with van der Waals surface area (Å²) in [6, 6.07) is 9.42. The summed E-state index contributed by atoms with van der Waals surface area (Å²) < 4.78 is 0. The van der Waals surface area contributed by atoms with E-state index in [1.54, 1.807) is 18.5 Å². The Kier molecular flexibility index (Phi) is 2.78. The number of fused-ring (bicyclic) bond motifs is 1. The number of aromatic nitrogens is 1. The lowest BCUT2D eigenvalue weighted by atomic mass is 10.1. The molecule has 1 aromatic heterocycles. The summed E-state index contributed by atoms with van der Waals surface area (Å²) in [5, 5.41) is 6.09. The summed E-state index contributed by atoms with van der Waals surface area (Å²) in [5.74, 6) is -0.0994. The van der Waals surface area contributed by atoms with E-state index in [4.69, 9.17) is 0 Å². The summed E-state index contributed by atoms with van der Waals surface area (Å²) in [6.45, 7) is 1.73. The van der Waals surface area contributed by atoms with Crippen molar-refractivity contribution in [1.29, 1.82) is 0 Å². The van der Waals surface area contributed by atoms with Crippen molar-refractivity contribution in [3.8, 4) is 0 Å². The summed E-state index contributed by atoms with van der Waals surface area (Å²) >= 11 is 0. The maximum atomic E-state index is 12.1. The second-order valence-corrected chi connectivity index (χ2v) is 4.28. The minimum Gasteiger partial charge on any atom is -0.321 e. The molecular formula is C14H13N3O.